The predicted molar refractivity (Wildman–Crippen MR) is 161 cm³/mol. The summed E-state index contributed by atoms with van der Waals surface area (Å²) in [6, 6.07) is 17.4. The molecule has 0 fully saturated rings. The second kappa shape index (κ2) is 13.5. The van der Waals surface area contributed by atoms with Gasteiger partial charge in [0.1, 0.15) is 12.6 Å². The Morgan fingerprint density at radius 2 is 1.52 bits per heavy atom. The first-order chi connectivity index (χ1) is 18.8. The van der Waals surface area contributed by atoms with Crippen LogP contribution in [-0.4, -0.2) is 43.8 Å². The zero-order valence-corrected chi connectivity index (χ0v) is 25.6. The van der Waals surface area contributed by atoms with E-state index in [1.807, 2.05) is 58.9 Å². The standard InChI is InChI=1S/C30H35Cl2N3O4S/c1-6-28(30(37)33-20(2)3)34(18-23-9-7-8-22(5)14-23)29(36)19-35(26-16-24(31)15-25(32)17-26)40(38,39)27-12-10-21(4)11-13-27/h7-17,20,28H,6,18-19H2,1-5H3,(H,33,37)/t28-/m0/s1. The van der Waals surface area contributed by atoms with Crippen LogP contribution >= 0.6 is 23.2 Å². The molecule has 1 N–H and O–H groups in total. The Hall–Kier alpha value is -3.07. The molecule has 0 heterocycles. The number of hydrogen-bond acceptors (Lipinski definition) is 4. The zero-order valence-electron chi connectivity index (χ0n) is 23.3. The third-order valence-electron chi connectivity index (χ3n) is 6.28. The number of halogens is 2. The lowest BCUT2D eigenvalue weighted by Crippen LogP contribution is -2.53. The number of carbonyl (C=O) groups is 2. The van der Waals surface area contributed by atoms with E-state index in [1.165, 1.54) is 35.2 Å². The van der Waals surface area contributed by atoms with Gasteiger partial charge in [-0.15, -0.1) is 0 Å². The number of rotatable bonds is 11. The molecule has 1 atom stereocenters. The third kappa shape index (κ3) is 7.99. The van der Waals surface area contributed by atoms with Crippen LogP contribution < -0.4 is 9.62 Å². The minimum absolute atomic E-state index is 0.0109. The average Bonchev–Trinajstić information content (AvgIpc) is 2.86. The molecule has 214 valence electrons. The van der Waals surface area contributed by atoms with Crippen molar-refractivity contribution in [3.05, 3.63) is 93.5 Å². The van der Waals surface area contributed by atoms with Crippen molar-refractivity contribution >= 4 is 50.7 Å². The number of nitrogens with zero attached hydrogens (tertiary/aromatic N) is 2. The van der Waals surface area contributed by atoms with E-state index in [9.17, 15) is 18.0 Å². The molecule has 0 aliphatic carbocycles. The third-order valence-corrected chi connectivity index (χ3v) is 8.50. The first-order valence-corrected chi connectivity index (χ1v) is 15.2. The van der Waals surface area contributed by atoms with Gasteiger partial charge in [0.2, 0.25) is 11.8 Å². The second-order valence-electron chi connectivity index (χ2n) is 10.1. The van der Waals surface area contributed by atoms with E-state index in [0.29, 0.717) is 6.42 Å². The molecule has 3 rings (SSSR count). The van der Waals surface area contributed by atoms with Crippen LogP contribution in [-0.2, 0) is 26.2 Å². The summed E-state index contributed by atoms with van der Waals surface area (Å²) < 4.78 is 28.9. The van der Waals surface area contributed by atoms with E-state index in [2.05, 4.69) is 5.32 Å². The quantitative estimate of drug-likeness (QED) is 0.285. The summed E-state index contributed by atoms with van der Waals surface area (Å²) >= 11 is 12.5. The fourth-order valence-electron chi connectivity index (χ4n) is 4.36. The summed E-state index contributed by atoms with van der Waals surface area (Å²) in [4.78, 5) is 28.7. The normalized spacial score (nSPS) is 12.2. The highest BCUT2D eigenvalue weighted by Crippen LogP contribution is 2.30. The molecule has 40 heavy (non-hydrogen) atoms. The van der Waals surface area contributed by atoms with Crippen molar-refractivity contribution < 1.29 is 18.0 Å². The van der Waals surface area contributed by atoms with Crippen LogP contribution in [0.4, 0.5) is 5.69 Å². The van der Waals surface area contributed by atoms with Crippen molar-refractivity contribution in [2.45, 2.75) is 64.6 Å². The number of amides is 2. The lowest BCUT2D eigenvalue weighted by atomic mass is 10.1. The molecule has 0 unspecified atom stereocenters. The molecule has 2 amide bonds. The van der Waals surface area contributed by atoms with Crippen LogP contribution in [0.1, 0.15) is 43.9 Å². The van der Waals surface area contributed by atoms with Gasteiger partial charge in [-0.2, -0.15) is 0 Å². The SMILES string of the molecule is CC[C@@H](C(=O)NC(C)C)N(Cc1cccc(C)c1)C(=O)CN(c1cc(Cl)cc(Cl)c1)S(=O)(=O)c1ccc(C)cc1. The van der Waals surface area contributed by atoms with Gasteiger partial charge in [0.05, 0.1) is 10.6 Å². The van der Waals surface area contributed by atoms with Crippen molar-refractivity contribution in [3.63, 3.8) is 0 Å². The lowest BCUT2D eigenvalue weighted by molar-refractivity contribution is -0.140. The van der Waals surface area contributed by atoms with Crippen molar-refractivity contribution in [2.75, 3.05) is 10.8 Å². The van der Waals surface area contributed by atoms with Gasteiger partial charge in [0, 0.05) is 22.6 Å². The Labute approximate surface area is 247 Å². The van der Waals surface area contributed by atoms with Crippen molar-refractivity contribution in [1.82, 2.24) is 10.2 Å². The van der Waals surface area contributed by atoms with Gasteiger partial charge in [0.25, 0.3) is 10.0 Å². The fraction of sp³-hybridized carbons (Fsp3) is 0.333. The molecule has 10 heteroatoms. The Balaban J connectivity index is 2.10. The molecular weight excluding hydrogens is 569 g/mol. The Kier molecular flexibility index (Phi) is 10.6. The van der Waals surface area contributed by atoms with Gasteiger partial charge < -0.3 is 10.2 Å². The van der Waals surface area contributed by atoms with Gasteiger partial charge in [-0.25, -0.2) is 8.42 Å². The summed E-state index contributed by atoms with van der Waals surface area (Å²) in [6.45, 7) is 8.86. The van der Waals surface area contributed by atoms with E-state index >= 15 is 0 Å². The van der Waals surface area contributed by atoms with Crippen molar-refractivity contribution in [1.29, 1.82) is 0 Å². The maximum absolute atomic E-state index is 14.1. The van der Waals surface area contributed by atoms with Crippen molar-refractivity contribution in [2.24, 2.45) is 0 Å². The first-order valence-electron chi connectivity index (χ1n) is 13.0. The van der Waals surface area contributed by atoms with Crippen LogP contribution in [0.2, 0.25) is 10.0 Å². The van der Waals surface area contributed by atoms with Gasteiger partial charge in [-0.05, 0) is 70.0 Å². The summed E-state index contributed by atoms with van der Waals surface area (Å²) in [6.07, 6.45) is 0.337. The van der Waals surface area contributed by atoms with Gasteiger partial charge in [-0.1, -0.05) is 77.7 Å². The number of anilines is 1. The molecule has 0 aliphatic heterocycles. The smallest absolute Gasteiger partial charge is 0.264 e. The Morgan fingerprint density at radius 3 is 2.08 bits per heavy atom. The number of nitrogens with one attached hydrogen (secondary N) is 1. The summed E-state index contributed by atoms with van der Waals surface area (Å²) in [5.74, 6) is -0.851. The molecule has 3 aromatic rings. The number of aryl methyl sites for hydroxylation is 2. The zero-order chi connectivity index (χ0) is 29.6. The molecule has 3 aromatic carbocycles. The number of benzene rings is 3. The second-order valence-corrected chi connectivity index (χ2v) is 12.8. The maximum Gasteiger partial charge on any atom is 0.264 e. The van der Waals surface area contributed by atoms with E-state index in [-0.39, 0.29) is 39.1 Å². The largest absolute Gasteiger partial charge is 0.352 e. The van der Waals surface area contributed by atoms with Crippen LogP contribution in [0.25, 0.3) is 0 Å². The highest BCUT2D eigenvalue weighted by Gasteiger charge is 2.34. The first kappa shape index (κ1) is 31.5. The maximum atomic E-state index is 14.1. The van der Waals surface area contributed by atoms with Gasteiger partial charge in [0.15, 0.2) is 0 Å². The number of carbonyl (C=O) groups excluding carboxylic acids is 2. The molecule has 7 nitrogen and oxygen atoms in total. The molecule has 0 aliphatic rings. The molecule has 0 bridgehead atoms. The highest BCUT2D eigenvalue weighted by molar-refractivity contribution is 7.92. The monoisotopic (exact) mass is 603 g/mol. The Bertz CT molecular complexity index is 1440. The summed E-state index contributed by atoms with van der Waals surface area (Å²) in [7, 11) is -4.22. The minimum atomic E-state index is -4.22. The van der Waals surface area contributed by atoms with Crippen LogP contribution in [0.5, 0.6) is 0 Å². The fourth-order valence-corrected chi connectivity index (χ4v) is 6.27. The molecule has 0 saturated carbocycles. The van der Waals surface area contributed by atoms with E-state index in [4.69, 9.17) is 23.2 Å². The number of hydrogen-bond donors (Lipinski definition) is 1. The molecule has 0 saturated heterocycles. The van der Waals surface area contributed by atoms with Gasteiger partial charge >= 0.3 is 0 Å². The summed E-state index contributed by atoms with van der Waals surface area (Å²) in [5, 5.41) is 3.33. The molecule has 0 radical (unpaired) electrons. The van der Waals surface area contributed by atoms with Crippen LogP contribution in [0.15, 0.2) is 71.6 Å². The van der Waals surface area contributed by atoms with Crippen LogP contribution in [0.3, 0.4) is 0 Å². The van der Waals surface area contributed by atoms with E-state index in [1.54, 1.807) is 12.1 Å². The molecule has 0 aromatic heterocycles. The Morgan fingerprint density at radius 1 is 0.900 bits per heavy atom. The van der Waals surface area contributed by atoms with E-state index < -0.39 is 28.5 Å². The lowest BCUT2D eigenvalue weighted by Gasteiger charge is -2.33. The summed E-state index contributed by atoms with van der Waals surface area (Å²) in [5.41, 5.74) is 2.85. The van der Waals surface area contributed by atoms with Crippen LogP contribution in [0, 0.1) is 13.8 Å². The highest BCUT2D eigenvalue weighted by atomic mass is 35.5. The number of sulfonamides is 1. The minimum Gasteiger partial charge on any atom is -0.352 e. The van der Waals surface area contributed by atoms with E-state index in [0.717, 1.165) is 21.0 Å². The van der Waals surface area contributed by atoms with Crippen molar-refractivity contribution in [3.8, 4) is 0 Å². The average molecular weight is 605 g/mol. The molecular formula is C30H35Cl2N3O4S. The predicted octanol–water partition coefficient (Wildman–Crippen LogP) is 6.14. The van der Waals surface area contributed by atoms with Gasteiger partial charge in [-0.3, -0.25) is 13.9 Å². The molecule has 0 spiro atoms. The topological polar surface area (TPSA) is 86.8 Å².